The molecule has 0 aliphatic rings. The highest BCUT2D eigenvalue weighted by Gasteiger charge is 2.09. The van der Waals surface area contributed by atoms with Crippen LogP contribution in [0.1, 0.15) is 21.6 Å². The van der Waals surface area contributed by atoms with Crippen molar-refractivity contribution >= 4 is 11.6 Å². The summed E-state index contributed by atoms with van der Waals surface area (Å²) in [5.41, 5.74) is 3.16. The fourth-order valence-corrected chi connectivity index (χ4v) is 2.33. The first-order chi connectivity index (χ1) is 11.7. The van der Waals surface area contributed by atoms with Gasteiger partial charge in [-0.25, -0.2) is 0 Å². The molecule has 0 saturated carbocycles. The van der Waals surface area contributed by atoms with Crippen LogP contribution < -0.4 is 10.1 Å². The van der Waals surface area contributed by atoms with Crippen molar-refractivity contribution in [3.8, 4) is 5.75 Å². The van der Waals surface area contributed by atoms with Crippen molar-refractivity contribution in [3.05, 3.63) is 89.7 Å². The maximum Gasteiger partial charge on any atom is 0.255 e. The molecule has 0 bridgehead atoms. The van der Waals surface area contributed by atoms with Crippen LogP contribution in [0, 0.1) is 6.92 Å². The Morgan fingerprint density at radius 2 is 1.88 bits per heavy atom. The van der Waals surface area contributed by atoms with Gasteiger partial charge in [-0.05, 0) is 42.8 Å². The van der Waals surface area contributed by atoms with E-state index in [-0.39, 0.29) is 5.91 Å². The van der Waals surface area contributed by atoms with Gasteiger partial charge >= 0.3 is 0 Å². The number of aryl methyl sites for hydroxylation is 1. The van der Waals surface area contributed by atoms with Gasteiger partial charge in [0.1, 0.15) is 12.4 Å². The van der Waals surface area contributed by atoms with Gasteiger partial charge in [0.05, 0.1) is 5.69 Å². The highest BCUT2D eigenvalue weighted by Crippen LogP contribution is 2.19. The lowest BCUT2D eigenvalue weighted by atomic mass is 10.1. The summed E-state index contributed by atoms with van der Waals surface area (Å²) in [7, 11) is 0. The molecule has 0 radical (unpaired) electrons. The largest absolute Gasteiger partial charge is 0.487 e. The third kappa shape index (κ3) is 3.98. The first-order valence-electron chi connectivity index (χ1n) is 7.72. The number of anilines is 1. The smallest absolute Gasteiger partial charge is 0.255 e. The van der Waals surface area contributed by atoms with Crippen LogP contribution >= 0.6 is 0 Å². The molecule has 4 nitrogen and oxygen atoms in total. The van der Waals surface area contributed by atoms with Gasteiger partial charge in [0.15, 0.2) is 0 Å². The topological polar surface area (TPSA) is 51.2 Å². The van der Waals surface area contributed by atoms with E-state index in [0.29, 0.717) is 23.6 Å². The molecule has 2 aromatic carbocycles. The molecule has 0 fully saturated rings. The number of rotatable bonds is 5. The molecule has 0 atom stereocenters. The van der Waals surface area contributed by atoms with Gasteiger partial charge in [0, 0.05) is 23.5 Å². The number of pyridine rings is 1. The standard InChI is InChI=1S/C20H18N2O2/c1-15-7-2-3-11-19(15)20(23)22-16-9-6-10-18(13-16)24-14-17-8-4-5-12-21-17/h2-13H,14H2,1H3,(H,22,23). The van der Waals surface area contributed by atoms with Crippen molar-refractivity contribution in [3.63, 3.8) is 0 Å². The Bertz CT molecular complexity index is 832. The molecule has 1 aromatic heterocycles. The summed E-state index contributed by atoms with van der Waals surface area (Å²) >= 11 is 0. The van der Waals surface area contributed by atoms with E-state index in [2.05, 4.69) is 10.3 Å². The second-order valence-electron chi connectivity index (χ2n) is 5.41. The number of carbonyl (C=O) groups is 1. The number of nitrogens with one attached hydrogen (secondary N) is 1. The quantitative estimate of drug-likeness (QED) is 0.766. The van der Waals surface area contributed by atoms with E-state index in [9.17, 15) is 4.79 Å². The number of nitrogens with zero attached hydrogens (tertiary/aromatic N) is 1. The summed E-state index contributed by atoms with van der Waals surface area (Å²) in [6, 6.07) is 20.5. The van der Waals surface area contributed by atoms with Gasteiger partial charge in [-0.15, -0.1) is 0 Å². The average Bonchev–Trinajstić information content (AvgIpc) is 2.61. The Morgan fingerprint density at radius 3 is 2.67 bits per heavy atom. The molecule has 24 heavy (non-hydrogen) atoms. The fraction of sp³-hybridized carbons (Fsp3) is 0.100. The van der Waals surface area contributed by atoms with Gasteiger partial charge in [0.2, 0.25) is 0 Å². The molecule has 120 valence electrons. The van der Waals surface area contributed by atoms with Crippen LogP contribution in [0.2, 0.25) is 0 Å². The van der Waals surface area contributed by atoms with Crippen molar-refractivity contribution in [1.29, 1.82) is 0 Å². The van der Waals surface area contributed by atoms with E-state index < -0.39 is 0 Å². The summed E-state index contributed by atoms with van der Waals surface area (Å²) < 4.78 is 5.73. The van der Waals surface area contributed by atoms with E-state index in [4.69, 9.17) is 4.74 Å². The molecule has 0 aliphatic carbocycles. The van der Waals surface area contributed by atoms with Crippen molar-refractivity contribution < 1.29 is 9.53 Å². The van der Waals surface area contributed by atoms with Gasteiger partial charge in [-0.2, -0.15) is 0 Å². The van der Waals surface area contributed by atoms with Crippen LogP contribution in [0.15, 0.2) is 72.9 Å². The summed E-state index contributed by atoms with van der Waals surface area (Å²) in [6.07, 6.45) is 1.73. The maximum atomic E-state index is 12.4. The third-order valence-corrected chi connectivity index (χ3v) is 3.59. The van der Waals surface area contributed by atoms with Crippen molar-refractivity contribution in [2.75, 3.05) is 5.32 Å². The number of aromatic nitrogens is 1. The Kier molecular flexibility index (Phi) is 4.87. The molecule has 0 aliphatic heterocycles. The monoisotopic (exact) mass is 318 g/mol. The number of carbonyl (C=O) groups excluding carboxylic acids is 1. The van der Waals surface area contributed by atoms with Gasteiger partial charge < -0.3 is 10.1 Å². The van der Waals surface area contributed by atoms with Crippen LogP contribution in [0.4, 0.5) is 5.69 Å². The van der Waals surface area contributed by atoms with Crippen LogP contribution in [0.25, 0.3) is 0 Å². The molecule has 0 unspecified atom stereocenters. The normalized spacial score (nSPS) is 10.2. The zero-order valence-corrected chi connectivity index (χ0v) is 13.4. The molecule has 1 heterocycles. The SMILES string of the molecule is Cc1ccccc1C(=O)Nc1cccc(OCc2ccccn2)c1. The van der Waals surface area contributed by atoms with Crippen LogP contribution in [-0.2, 0) is 6.61 Å². The van der Waals surface area contributed by atoms with E-state index in [1.54, 1.807) is 12.3 Å². The molecule has 0 saturated heterocycles. The van der Waals surface area contributed by atoms with E-state index in [0.717, 1.165) is 11.3 Å². The maximum absolute atomic E-state index is 12.4. The molecule has 3 aromatic rings. The zero-order chi connectivity index (χ0) is 16.8. The second kappa shape index (κ2) is 7.42. The van der Waals surface area contributed by atoms with Gasteiger partial charge in [0.25, 0.3) is 5.91 Å². The Balaban J connectivity index is 1.67. The van der Waals surface area contributed by atoms with Gasteiger partial charge in [-0.1, -0.05) is 30.3 Å². The number of benzene rings is 2. The zero-order valence-electron chi connectivity index (χ0n) is 13.4. The molecule has 1 amide bonds. The summed E-state index contributed by atoms with van der Waals surface area (Å²) in [6.45, 7) is 2.30. The Hall–Kier alpha value is -3.14. The fourth-order valence-electron chi connectivity index (χ4n) is 2.33. The lowest BCUT2D eigenvalue weighted by molar-refractivity contribution is 0.102. The summed E-state index contributed by atoms with van der Waals surface area (Å²) in [5, 5.41) is 2.90. The minimum Gasteiger partial charge on any atom is -0.487 e. The molecular weight excluding hydrogens is 300 g/mol. The number of ether oxygens (including phenoxy) is 1. The average molecular weight is 318 g/mol. The summed E-state index contributed by atoms with van der Waals surface area (Å²) in [5.74, 6) is 0.554. The highest BCUT2D eigenvalue weighted by atomic mass is 16.5. The molecule has 4 heteroatoms. The first kappa shape index (κ1) is 15.7. The van der Waals surface area contributed by atoms with Crippen LogP contribution in [0.5, 0.6) is 5.75 Å². The predicted molar refractivity (Wildman–Crippen MR) is 94.1 cm³/mol. The van der Waals surface area contributed by atoms with E-state index >= 15 is 0 Å². The van der Waals surface area contributed by atoms with Crippen LogP contribution in [-0.4, -0.2) is 10.9 Å². The summed E-state index contributed by atoms with van der Waals surface area (Å²) in [4.78, 5) is 16.6. The van der Waals surface area contributed by atoms with Crippen LogP contribution in [0.3, 0.4) is 0 Å². The highest BCUT2D eigenvalue weighted by molar-refractivity contribution is 6.05. The third-order valence-electron chi connectivity index (χ3n) is 3.59. The Labute approximate surface area is 141 Å². The lowest BCUT2D eigenvalue weighted by Gasteiger charge is -2.10. The minimum atomic E-state index is -0.130. The Morgan fingerprint density at radius 1 is 1.04 bits per heavy atom. The van der Waals surface area contributed by atoms with Crippen molar-refractivity contribution in [1.82, 2.24) is 4.98 Å². The molecule has 0 spiro atoms. The second-order valence-corrected chi connectivity index (χ2v) is 5.41. The first-order valence-corrected chi connectivity index (χ1v) is 7.72. The predicted octanol–water partition coefficient (Wildman–Crippen LogP) is 4.22. The molecule has 3 rings (SSSR count). The number of hydrogen-bond acceptors (Lipinski definition) is 3. The minimum absolute atomic E-state index is 0.130. The van der Waals surface area contributed by atoms with E-state index in [1.165, 1.54) is 0 Å². The van der Waals surface area contributed by atoms with Crippen molar-refractivity contribution in [2.24, 2.45) is 0 Å². The van der Waals surface area contributed by atoms with Gasteiger partial charge in [-0.3, -0.25) is 9.78 Å². The number of hydrogen-bond donors (Lipinski definition) is 1. The molecular formula is C20H18N2O2. The lowest BCUT2D eigenvalue weighted by Crippen LogP contribution is -2.13. The number of amides is 1. The van der Waals surface area contributed by atoms with Crippen molar-refractivity contribution in [2.45, 2.75) is 13.5 Å². The van der Waals surface area contributed by atoms with E-state index in [1.807, 2.05) is 67.6 Å². The molecule has 1 N–H and O–H groups in total.